The summed E-state index contributed by atoms with van der Waals surface area (Å²) in [5.74, 6) is 0. The van der Waals surface area contributed by atoms with Crippen molar-refractivity contribution in [3.63, 3.8) is 0 Å². The molecule has 3 amide bonds. The molecule has 1 aliphatic heterocycles. The molecule has 21 heavy (non-hydrogen) atoms. The Kier molecular flexibility index (Phi) is 5.27. The second-order valence-electron chi connectivity index (χ2n) is 4.74. The number of urea groups is 1. The van der Waals surface area contributed by atoms with Crippen molar-refractivity contribution in [2.24, 2.45) is 0 Å². The molecule has 0 unspecified atom stereocenters. The van der Waals surface area contributed by atoms with E-state index in [9.17, 15) is 9.59 Å². The summed E-state index contributed by atoms with van der Waals surface area (Å²) in [5, 5.41) is 3.38. The zero-order chi connectivity index (χ0) is 15.2. The van der Waals surface area contributed by atoms with Crippen LogP contribution in [0.2, 0.25) is 5.02 Å². The van der Waals surface area contributed by atoms with Crippen molar-refractivity contribution in [3.8, 4) is 0 Å². The van der Waals surface area contributed by atoms with Gasteiger partial charge < -0.3 is 19.9 Å². The first kappa shape index (κ1) is 15.4. The summed E-state index contributed by atoms with van der Waals surface area (Å²) in [6.45, 7) is 2.13. The molecule has 1 aromatic rings. The van der Waals surface area contributed by atoms with Gasteiger partial charge in [0.2, 0.25) is 0 Å². The van der Waals surface area contributed by atoms with Gasteiger partial charge in [0.15, 0.2) is 0 Å². The highest BCUT2D eigenvalue weighted by Crippen LogP contribution is 2.16. The Morgan fingerprint density at radius 1 is 1.19 bits per heavy atom. The molecule has 1 N–H and O–H groups in total. The normalized spacial score (nSPS) is 15.3. The maximum absolute atomic E-state index is 12.2. The average Bonchev–Trinajstić information content (AvgIpc) is 2.72. The number of amides is 3. The summed E-state index contributed by atoms with van der Waals surface area (Å²) < 4.78 is 4.70. The van der Waals surface area contributed by atoms with E-state index in [1.807, 2.05) is 0 Å². The molecular formula is C14H18ClN3O3. The summed E-state index contributed by atoms with van der Waals surface area (Å²) >= 11 is 5.89. The maximum atomic E-state index is 12.2. The first-order valence-corrected chi connectivity index (χ1v) is 7.12. The molecule has 1 aromatic carbocycles. The van der Waals surface area contributed by atoms with Gasteiger partial charge in [0, 0.05) is 36.9 Å². The van der Waals surface area contributed by atoms with Crippen molar-refractivity contribution in [1.29, 1.82) is 0 Å². The Bertz CT molecular complexity index is 524. The van der Waals surface area contributed by atoms with Gasteiger partial charge in [-0.1, -0.05) is 17.7 Å². The lowest BCUT2D eigenvalue weighted by Gasteiger charge is -2.21. The van der Waals surface area contributed by atoms with E-state index in [0.29, 0.717) is 36.9 Å². The predicted octanol–water partition coefficient (Wildman–Crippen LogP) is 2.65. The van der Waals surface area contributed by atoms with Crippen LogP contribution >= 0.6 is 11.6 Å². The minimum absolute atomic E-state index is 0.191. The molecule has 0 aromatic heterocycles. The number of halogens is 1. The van der Waals surface area contributed by atoms with Gasteiger partial charge in [-0.3, -0.25) is 0 Å². The Hall–Kier alpha value is -1.95. The molecule has 0 spiro atoms. The zero-order valence-electron chi connectivity index (χ0n) is 11.8. The monoisotopic (exact) mass is 311 g/mol. The van der Waals surface area contributed by atoms with Crippen LogP contribution in [0.25, 0.3) is 0 Å². The SMILES string of the molecule is COC(=O)N1CCCN(C(=O)Nc2cccc(Cl)c2)CC1. The fraction of sp³-hybridized carbons (Fsp3) is 0.429. The molecule has 1 aliphatic rings. The average molecular weight is 312 g/mol. The second-order valence-corrected chi connectivity index (χ2v) is 5.17. The van der Waals surface area contributed by atoms with Crippen LogP contribution in [0.3, 0.4) is 0 Å². The lowest BCUT2D eigenvalue weighted by molar-refractivity contribution is 0.125. The topological polar surface area (TPSA) is 61.9 Å². The number of nitrogens with one attached hydrogen (secondary N) is 1. The second kappa shape index (κ2) is 7.17. The van der Waals surface area contributed by atoms with Gasteiger partial charge in [-0.15, -0.1) is 0 Å². The first-order chi connectivity index (χ1) is 10.1. The molecule has 1 saturated heterocycles. The summed E-state index contributed by atoms with van der Waals surface area (Å²) in [6.07, 6.45) is 0.366. The fourth-order valence-electron chi connectivity index (χ4n) is 2.20. The van der Waals surface area contributed by atoms with Gasteiger partial charge in [-0.25, -0.2) is 9.59 Å². The van der Waals surface area contributed by atoms with Crippen LogP contribution in [0.4, 0.5) is 15.3 Å². The fourth-order valence-corrected chi connectivity index (χ4v) is 2.39. The quantitative estimate of drug-likeness (QED) is 0.867. The Morgan fingerprint density at radius 2 is 1.90 bits per heavy atom. The van der Waals surface area contributed by atoms with Crippen LogP contribution in [-0.2, 0) is 4.74 Å². The number of rotatable bonds is 1. The Morgan fingerprint density at radius 3 is 2.62 bits per heavy atom. The van der Waals surface area contributed by atoms with E-state index in [0.717, 1.165) is 6.42 Å². The Balaban J connectivity index is 1.92. The van der Waals surface area contributed by atoms with E-state index in [2.05, 4.69) is 5.32 Å². The largest absolute Gasteiger partial charge is 0.453 e. The number of anilines is 1. The molecule has 1 heterocycles. The van der Waals surface area contributed by atoms with Crippen LogP contribution < -0.4 is 5.32 Å². The first-order valence-electron chi connectivity index (χ1n) is 6.74. The highest BCUT2D eigenvalue weighted by molar-refractivity contribution is 6.30. The highest BCUT2D eigenvalue weighted by Gasteiger charge is 2.22. The zero-order valence-corrected chi connectivity index (χ0v) is 12.6. The molecule has 0 saturated carbocycles. The van der Waals surface area contributed by atoms with Gasteiger partial charge in [0.05, 0.1) is 7.11 Å². The summed E-state index contributed by atoms with van der Waals surface area (Å²) in [7, 11) is 1.36. The van der Waals surface area contributed by atoms with Gasteiger partial charge in [-0.2, -0.15) is 0 Å². The molecule has 0 radical (unpaired) electrons. The minimum atomic E-state index is -0.355. The van der Waals surface area contributed by atoms with Crippen molar-refractivity contribution in [3.05, 3.63) is 29.3 Å². The lowest BCUT2D eigenvalue weighted by Crippen LogP contribution is -2.39. The summed E-state index contributed by atoms with van der Waals surface area (Å²) in [5.41, 5.74) is 0.654. The van der Waals surface area contributed by atoms with Gasteiger partial charge >= 0.3 is 12.1 Å². The highest BCUT2D eigenvalue weighted by atomic mass is 35.5. The van der Waals surface area contributed by atoms with Crippen LogP contribution in [0.15, 0.2) is 24.3 Å². The minimum Gasteiger partial charge on any atom is -0.453 e. The van der Waals surface area contributed by atoms with Crippen molar-refractivity contribution < 1.29 is 14.3 Å². The van der Waals surface area contributed by atoms with Crippen LogP contribution in [0.1, 0.15) is 6.42 Å². The van der Waals surface area contributed by atoms with E-state index >= 15 is 0 Å². The molecule has 0 aliphatic carbocycles. The van der Waals surface area contributed by atoms with Crippen molar-refractivity contribution >= 4 is 29.4 Å². The van der Waals surface area contributed by atoms with Gasteiger partial charge in [-0.05, 0) is 24.6 Å². The molecule has 114 valence electrons. The third-order valence-electron chi connectivity index (χ3n) is 3.29. The number of carbonyl (C=O) groups excluding carboxylic acids is 2. The number of nitrogens with zero attached hydrogens (tertiary/aromatic N) is 2. The van der Waals surface area contributed by atoms with E-state index in [4.69, 9.17) is 16.3 Å². The molecule has 6 nitrogen and oxygen atoms in total. The van der Waals surface area contributed by atoms with E-state index in [1.54, 1.807) is 34.1 Å². The maximum Gasteiger partial charge on any atom is 0.409 e. The number of benzene rings is 1. The van der Waals surface area contributed by atoms with Gasteiger partial charge in [0.25, 0.3) is 0 Å². The molecule has 0 atom stereocenters. The Labute approximate surface area is 128 Å². The molecule has 2 rings (SSSR count). The standard InChI is InChI=1S/C14H18ClN3O3/c1-21-14(20)18-7-3-6-17(8-9-18)13(19)16-12-5-2-4-11(15)10-12/h2,4-5,10H,3,6-9H2,1H3,(H,16,19). The van der Waals surface area contributed by atoms with Crippen molar-refractivity contribution in [2.75, 3.05) is 38.6 Å². The molecular weight excluding hydrogens is 294 g/mol. The van der Waals surface area contributed by atoms with Gasteiger partial charge in [0.1, 0.15) is 0 Å². The van der Waals surface area contributed by atoms with Crippen molar-refractivity contribution in [2.45, 2.75) is 6.42 Å². The smallest absolute Gasteiger partial charge is 0.409 e. The summed E-state index contributed by atoms with van der Waals surface area (Å²) in [4.78, 5) is 27.0. The predicted molar refractivity (Wildman–Crippen MR) is 80.6 cm³/mol. The number of methoxy groups -OCH3 is 1. The lowest BCUT2D eigenvalue weighted by atomic mass is 10.3. The summed E-state index contributed by atoms with van der Waals surface area (Å²) in [6, 6.07) is 6.81. The van der Waals surface area contributed by atoms with Crippen LogP contribution in [0.5, 0.6) is 0 Å². The third kappa shape index (κ3) is 4.26. The van der Waals surface area contributed by atoms with Crippen molar-refractivity contribution in [1.82, 2.24) is 9.80 Å². The van der Waals surface area contributed by atoms with Crippen LogP contribution in [0, 0.1) is 0 Å². The van der Waals surface area contributed by atoms with Crippen LogP contribution in [-0.4, -0.2) is 55.2 Å². The van der Waals surface area contributed by atoms with E-state index in [1.165, 1.54) is 7.11 Å². The molecule has 1 fully saturated rings. The van der Waals surface area contributed by atoms with E-state index < -0.39 is 0 Å². The molecule has 7 heteroatoms. The number of ether oxygens (including phenoxy) is 1. The number of carbonyl (C=O) groups is 2. The number of hydrogen-bond acceptors (Lipinski definition) is 3. The number of hydrogen-bond donors (Lipinski definition) is 1. The molecule has 0 bridgehead atoms. The third-order valence-corrected chi connectivity index (χ3v) is 3.53. The van der Waals surface area contributed by atoms with E-state index in [-0.39, 0.29) is 12.1 Å².